The van der Waals surface area contributed by atoms with E-state index in [1.165, 1.54) is 123 Å². The van der Waals surface area contributed by atoms with E-state index in [1.54, 1.807) is 0 Å². The molecule has 4 aliphatic rings. The molecule has 5 heterocycles. The summed E-state index contributed by atoms with van der Waals surface area (Å²) in [5.41, 5.74) is 22.3. The van der Waals surface area contributed by atoms with E-state index in [0.717, 1.165) is 34.0 Å². The van der Waals surface area contributed by atoms with Crippen molar-refractivity contribution in [3.8, 4) is 0 Å². The van der Waals surface area contributed by atoms with E-state index in [0.29, 0.717) is 0 Å². The molecule has 8 aromatic carbocycles. The molecule has 338 valence electrons. The number of rotatable bonds is 3. The number of benzene rings is 8. The van der Waals surface area contributed by atoms with Gasteiger partial charge in [-0.2, -0.15) is 0 Å². The van der Waals surface area contributed by atoms with Gasteiger partial charge in [0.1, 0.15) is 5.58 Å². The van der Waals surface area contributed by atoms with Gasteiger partial charge in [-0.25, -0.2) is 0 Å². The van der Waals surface area contributed by atoms with Crippen molar-refractivity contribution in [3.05, 3.63) is 173 Å². The molecule has 0 bridgehead atoms. The Morgan fingerprint density at radius 3 is 2.04 bits per heavy atom. The number of aryl methyl sites for hydroxylation is 3. The largest absolute Gasteiger partial charge is 0.454 e. The van der Waals surface area contributed by atoms with Gasteiger partial charge in [0.15, 0.2) is 5.58 Å². The van der Waals surface area contributed by atoms with Gasteiger partial charge in [0, 0.05) is 76.2 Å². The van der Waals surface area contributed by atoms with Crippen molar-refractivity contribution in [2.24, 2.45) is 0 Å². The van der Waals surface area contributed by atoms with Gasteiger partial charge in [0.25, 0.3) is 6.71 Å². The van der Waals surface area contributed by atoms with Gasteiger partial charge in [-0.15, -0.1) is 11.3 Å². The second-order valence-corrected chi connectivity index (χ2v) is 23.3. The summed E-state index contributed by atoms with van der Waals surface area (Å²) in [6, 6.07) is 55.9. The van der Waals surface area contributed by atoms with Crippen LogP contribution < -0.4 is 31.1 Å². The second-order valence-electron chi connectivity index (χ2n) is 22.2. The molecule has 0 spiro atoms. The lowest BCUT2D eigenvalue weighted by molar-refractivity contribution is 0.194. The number of para-hydroxylation sites is 2. The lowest BCUT2D eigenvalue weighted by Crippen LogP contribution is -2.61. The summed E-state index contributed by atoms with van der Waals surface area (Å²) in [5, 5.41) is 4.90. The average Bonchev–Trinajstić information content (AvgIpc) is 3.96. The first-order chi connectivity index (χ1) is 33.3. The lowest BCUT2D eigenvalue weighted by atomic mass is 9.33. The van der Waals surface area contributed by atoms with Crippen LogP contribution in [0.5, 0.6) is 0 Å². The number of anilines is 8. The van der Waals surface area contributed by atoms with Crippen molar-refractivity contribution >= 4 is 122 Å². The van der Waals surface area contributed by atoms with Gasteiger partial charge in [-0.3, -0.25) is 0 Å². The maximum absolute atomic E-state index is 6.99. The fraction of sp³-hybridized carbons (Fsp3) is 0.238. The van der Waals surface area contributed by atoms with E-state index in [9.17, 15) is 0 Å². The molecule has 69 heavy (non-hydrogen) atoms. The normalized spacial score (nSPS) is 19.4. The van der Waals surface area contributed by atoms with E-state index < -0.39 is 0 Å². The number of thiophene rings is 1. The van der Waals surface area contributed by atoms with Crippen LogP contribution in [0.1, 0.15) is 88.1 Å². The molecular formula is C63H56BN3OS. The highest BCUT2D eigenvalue weighted by Crippen LogP contribution is 2.62. The first-order valence-electron chi connectivity index (χ1n) is 25.1. The minimum atomic E-state index is -0.0862. The molecule has 1 fully saturated rings. The summed E-state index contributed by atoms with van der Waals surface area (Å²) >= 11 is 1.89. The SMILES string of the molecule is Cc1cc2c3c(c1)N(c1cccc4c1oc1ccccc14)c1cc(N4c5cc(C)cc(C)c5C5(C)CCCCC45C)ccc1B3c1ccc(C(C)(C)C)cc1N2c1ccc2c(c1)sc1ccccc12. The molecule has 0 N–H and O–H groups in total. The van der Waals surface area contributed by atoms with E-state index in [4.69, 9.17) is 4.42 Å². The summed E-state index contributed by atoms with van der Waals surface area (Å²) in [6.45, 7) is 19.0. The predicted molar refractivity (Wildman–Crippen MR) is 296 cm³/mol. The van der Waals surface area contributed by atoms with Crippen molar-refractivity contribution in [2.75, 3.05) is 14.7 Å². The number of nitrogens with zero attached hydrogens (tertiary/aromatic N) is 3. The van der Waals surface area contributed by atoms with Gasteiger partial charge >= 0.3 is 0 Å². The van der Waals surface area contributed by atoms with Crippen LogP contribution in [-0.2, 0) is 10.8 Å². The van der Waals surface area contributed by atoms with Gasteiger partial charge < -0.3 is 19.1 Å². The molecule has 0 amide bonds. The van der Waals surface area contributed by atoms with Crippen LogP contribution in [0.15, 0.2) is 150 Å². The molecule has 4 nitrogen and oxygen atoms in total. The van der Waals surface area contributed by atoms with Gasteiger partial charge in [0.2, 0.25) is 0 Å². The Morgan fingerprint density at radius 2 is 1.22 bits per heavy atom. The standard InChI is InChI=1S/C63H56BN3OS/c1-37-30-39(3)58-52(31-37)67(63(8)29-14-13-28-62(58,63)7)42-24-27-48-51(35-42)66(49-19-15-18-46-43-16-9-11-20-55(43)68-60(46)49)54-33-38(2)32-53-59(54)64(48)47-26-22-40(61(4,5)6)34-50(47)65(53)41-23-25-45-44-17-10-12-21-56(44)69-57(45)36-41/h9-12,15-27,30-36H,13-14,28-29H2,1-8H3. The van der Waals surface area contributed by atoms with Crippen molar-refractivity contribution in [1.82, 2.24) is 0 Å². The van der Waals surface area contributed by atoms with Crippen molar-refractivity contribution in [1.29, 1.82) is 0 Å². The number of fused-ring (bicyclic) bond motifs is 13. The third-order valence-corrected chi connectivity index (χ3v) is 18.2. The second kappa shape index (κ2) is 14.2. The van der Waals surface area contributed by atoms with Crippen LogP contribution in [0, 0.1) is 20.8 Å². The zero-order valence-corrected chi connectivity index (χ0v) is 41.7. The Kier molecular flexibility index (Phi) is 8.47. The summed E-state index contributed by atoms with van der Waals surface area (Å²) < 4.78 is 9.62. The Hall–Kier alpha value is -6.76. The minimum absolute atomic E-state index is 0.00927. The van der Waals surface area contributed by atoms with Gasteiger partial charge in [-0.05, 0) is 157 Å². The fourth-order valence-electron chi connectivity index (χ4n) is 13.8. The number of furan rings is 1. The number of hydrogen-bond donors (Lipinski definition) is 0. The quantitative estimate of drug-likeness (QED) is 0.165. The van der Waals surface area contributed by atoms with Crippen molar-refractivity contribution in [2.45, 2.75) is 97.4 Å². The smallest absolute Gasteiger partial charge is 0.252 e. The van der Waals surface area contributed by atoms with E-state index >= 15 is 0 Å². The molecule has 0 saturated heterocycles. The third-order valence-electron chi connectivity index (χ3n) is 17.1. The molecule has 3 aliphatic heterocycles. The van der Waals surface area contributed by atoms with Crippen molar-refractivity contribution in [3.63, 3.8) is 0 Å². The molecule has 2 atom stereocenters. The zero-order chi connectivity index (χ0) is 46.9. The van der Waals surface area contributed by atoms with Crippen LogP contribution in [0.25, 0.3) is 42.1 Å². The molecule has 6 heteroatoms. The fourth-order valence-corrected chi connectivity index (χ4v) is 14.9. The maximum Gasteiger partial charge on any atom is 0.252 e. The molecular weight excluding hydrogens is 858 g/mol. The topological polar surface area (TPSA) is 22.9 Å². The van der Waals surface area contributed by atoms with Crippen LogP contribution >= 0.6 is 11.3 Å². The number of hydrogen-bond acceptors (Lipinski definition) is 5. The van der Waals surface area contributed by atoms with E-state index in [-0.39, 0.29) is 23.1 Å². The average molecular weight is 914 g/mol. The highest BCUT2D eigenvalue weighted by atomic mass is 32.1. The highest BCUT2D eigenvalue weighted by Gasteiger charge is 2.58. The molecule has 2 unspecified atom stereocenters. The summed E-state index contributed by atoms with van der Waals surface area (Å²) in [4.78, 5) is 7.94. The zero-order valence-electron chi connectivity index (χ0n) is 40.9. The Morgan fingerprint density at radius 1 is 0.551 bits per heavy atom. The summed E-state index contributed by atoms with van der Waals surface area (Å²) in [7, 11) is 0. The van der Waals surface area contributed by atoms with E-state index in [1.807, 2.05) is 11.3 Å². The summed E-state index contributed by atoms with van der Waals surface area (Å²) in [5.74, 6) is 0. The molecule has 10 aromatic rings. The molecule has 0 radical (unpaired) electrons. The van der Waals surface area contributed by atoms with Gasteiger partial charge in [0.05, 0.1) is 11.2 Å². The predicted octanol–water partition coefficient (Wildman–Crippen LogP) is 16.0. The Balaban J connectivity index is 1.07. The van der Waals surface area contributed by atoms with Gasteiger partial charge in [-0.1, -0.05) is 119 Å². The molecule has 1 aliphatic carbocycles. The first kappa shape index (κ1) is 41.2. The maximum atomic E-state index is 6.99. The van der Waals surface area contributed by atoms with Crippen LogP contribution in [0.4, 0.5) is 45.5 Å². The van der Waals surface area contributed by atoms with Crippen LogP contribution in [0.3, 0.4) is 0 Å². The lowest BCUT2D eigenvalue weighted by Gasteiger charge is -2.51. The van der Waals surface area contributed by atoms with Crippen LogP contribution in [-0.4, -0.2) is 12.3 Å². The minimum Gasteiger partial charge on any atom is -0.454 e. The molecule has 14 rings (SSSR count). The van der Waals surface area contributed by atoms with Crippen molar-refractivity contribution < 1.29 is 4.42 Å². The molecule has 1 saturated carbocycles. The third kappa shape index (κ3) is 5.58. The first-order valence-corrected chi connectivity index (χ1v) is 25.9. The van der Waals surface area contributed by atoms with E-state index in [2.05, 4.69) is 216 Å². The molecule has 2 aromatic heterocycles. The Labute approximate surface area is 409 Å². The van der Waals surface area contributed by atoms with Crippen LogP contribution in [0.2, 0.25) is 0 Å². The monoisotopic (exact) mass is 913 g/mol. The highest BCUT2D eigenvalue weighted by molar-refractivity contribution is 7.25. The Bertz CT molecular complexity index is 3850. The summed E-state index contributed by atoms with van der Waals surface area (Å²) in [6.07, 6.45) is 4.84.